The molecule has 0 radical (unpaired) electrons. The van der Waals surface area contributed by atoms with Gasteiger partial charge in [-0.05, 0) is 23.8 Å². The number of rotatable bonds is 3. The van der Waals surface area contributed by atoms with Crippen LogP contribution in [0.1, 0.15) is 15.9 Å². The highest BCUT2D eigenvalue weighted by Gasteiger charge is 2.24. The summed E-state index contributed by atoms with van der Waals surface area (Å²) < 4.78 is 27.0. The number of fused-ring (bicyclic) bond motifs is 1. The van der Waals surface area contributed by atoms with E-state index < -0.39 is 10.0 Å². The number of benzene rings is 2. The van der Waals surface area contributed by atoms with E-state index in [9.17, 15) is 13.2 Å². The highest BCUT2D eigenvalue weighted by molar-refractivity contribution is 7.92. The van der Waals surface area contributed by atoms with E-state index in [1.807, 2.05) is 0 Å². The van der Waals surface area contributed by atoms with Gasteiger partial charge >= 0.3 is 0 Å². The summed E-state index contributed by atoms with van der Waals surface area (Å²) in [4.78, 5) is 11.9. The standard InChI is InChI=1S/C14H12N2O3S/c17-14-13-10(9-15-14)5-4-8-12(13)16-20(18,19)11-6-2-1-3-7-11/h1-8,16H,9H2,(H,15,17). The molecule has 0 atom stereocenters. The van der Waals surface area contributed by atoms with Crippen LogP contribution in [-0.2, 0) is 16.6 Å². The highest BCUT2D eigenvalue weighted by Crippen LogP contribution is 2.26. The summed E-state index contributed by atoms with van der Waals surface area (Å²) in [6.07, 6.45) is 0. The third-order valence-corrected chi connectivity index (χ3v) is 4.50. The van der Waals surface area contributed by atoms with Gasteiger partial charge in [-0.15, -0.1) is 0 Å². The summed E-state index contributed by atoms with van der Waals surface area (Å²) in [5.74, 6) is -0.258. The van der Waals surface area contributed by atoms with Gasteiger partial charge in [0.15, 0.2) is 0 Å². The van der Waals surface area contributed by atoms with Crippen molar-refractivity contribution in [2.45, 2.75) is 11.4 Å². The van der Waals surface area contributed by atoms with Gasteiger partial charge in [-0.3, -0.25) is 9.52 Å². The van der Waals surface area contributed by atoms with Gasteiger partial charge in [-0.25, -0.2) is 8.42 Å². The van der Waals surface area contributed by atoms with Gasteiger partial charge in [-0.1, -0.05) is 30.3 Å². The van der Waals surface area contributed by atoms with E-state index in [0.717, 1.165) is 5.56 Å². The average molecular weight is 288 g/mol. The van der Waals surface area contributed by atoms with Gasteiger partial charge in [0, 0.05) is 6.54 Å². The summed E-state index contributed by atoms with van der Waals surface area (Å²) in [5, 5.41) is 2.68. The Morgan fingerprint density at radius 2 is 1.75 bits per heavy atom. The van der Waals surface area contributed by atoms with E-state index >= 15 is 0 Å². The predicted molar refractivity (Wildman–Crippen MR) is 74.9 cm³/mol. The smallest absolute Gasteiger partial charge is 0.261 e. The Morgan fingerprint density at radius 1 is 1.00 bits per heavy atom. The fraction of sp³-hybridized carbons (Fsp3) is 0.0714. The topological polar surface area (TPSA) is 75.3 Å². The van der Waals surface area contributed by atoms with Crippen molar-refractivity contribution in [3.8, 4) is 0 Å². The molecule has 0 saturated heterocycles. The minimum absolute atomic E-state index is 0.163. The van der Waals surface area contributed by atoms with Crippen molar-refractivity contribution in [3.63, 3.8) is 0 Å². The lowest BCUT2D eigenvalue weighted by atomic mass is 10.1. The molecule has 102 valence electrons. The molecule has 1 amide bonds. The Kier molecular flexibility index (Phi) is 2.94. The number of amides is 1. The number of hydrogen-bond donors (Lipinski definition) is 2. The quantitative estimate of drug-likeness (QED) is 0.903. The molecular formula is C14H12N2O3S. The second-order valence-corrected chi connectivity index (χ2v) is 6.12. The van der Waals surface area contributed by atoms with Gasteiger partial charge in [0.1, 0.15) is 0 Å². The second kappa shape index (κ2) is 4.64. The number of carbonyl (C=O) groups excluding carboxylic acids is 1. The van der Waals surface area contributed by atoms with Crippen molar-refractivity contribution >= 4 is 21.6 Å². The zero-order chi connectivity index (χ0) is 14.2. The van der Waals surface area contributed by atoms with Crippen molar-refractivity contribution < 1.29 is 13.2 Å². The van der Waals surface area contributed by atoms with E-state index in [4.69, 9.17) is 0 Å². The third kappa shape index (κ3) is 2.14. The predicted octanol–water partition coefficient (Wildman–Crippen LogP) is 1.73. The Labute approximate surface area is 116 Å². The number of hydrogen-bond acceptors (Lipinski definition) is 3. The summed E-state index contributed by atoms with van der Waals surface area (Å²) >= 11 is 0. The van der Waals surface area contributed by atoms with Crippen LogP contribution in [-0.4, -0.2) is 14.3 Å². The van der Waals surface area contributed by atoms with Crippen LogP contribution in [0.3, 0.4) is 0 Å². The van der Waals surface area contributed by atoms with E-state index in [-0.39, 0.29) is 10.8 Å². The molecule has 0 bridgehead atoms. The van der Waals surface area contributed by atoms with Crippen LogP contribution in [0.4, 0.5) is 5.69 Å². The summed E-state index contributed by atoms with van der Waals surface area (Å²) in [5.41, 5.74) is 1.50. The fourth-order valence-electron chi connectivity index (χ4n) is 2.17. The maximum atomic E-state index is 12.3. The number of sulfonamides is 1. The highest BCUT2D eigenvalue weighted by atomic mass is 32.2. The van der Waals surface area contributed by atoms with Gasteiger partial charge < -0.3 is 5.32 Å². The van der Waals surface area contributed by atoms with Crippen LogP contribution in [0.2, 0.25) is 0 Å². The minimum atomic E-state index is -3.69. The molecule has 0 saturated carbocycles. The molecular weight excluding hydrogens is 276 g/mol. The molecule has 1 aliphatic rings. The zero-order valence-corrected chi connectivity index (χ0v) is 11.3. The molecule has 1 heterocycles. The van der Waals surface area contributed by atoms with E-state index in [1.54, 1.807) is 36.4 Å². The number of anilines is 1. The van der Waals surface area contributed by atoms with Crippen LogP contribution in [0.5, 0.6) is 0 Å². The van der Waals surface area contributed by atoms with Crippen LogP contribution in [0.25, 0.3) is 0 Å². The van der Waals surface area contributed by atoms with Gasteiger partial charge in [-0.2, -0.15) is 0 Å². The Balaban J connectivity index is 2.01. The zero-order valence-electron chi connectivity index (χ0n) is 10.5. The Morgan fingerprint density at radius 3 is 2.50 bits per heavy atom. The maximum Gasteiger partial charge on any atom is 0.261 e. The monoisotopic (exact) mass is 288 g/mol. The molecule has 2 aromatic carbocycles. The van der Waals surface area contributed by atoms with Crippen molar-refractivity contribution in [2.24, 2.45) is 0 Å². The van der Waals surface area contributed by atoms with Crippen LogP contribution in [0.15, 0.2) is 53.4 Å². The van der Waals surface area contributed by atoms with Gasteiger partial charge in [0.2, 0.25) is 0 Å². The fourth-order valence-corrected chi connectivity index (χ4v) is 3.26. The van der Waals surface area contributed by atoms with Gasteiger partial charge in [0.25, 0.3) is 15.9 Å². The molecule has 0 aliphatic carbocycles. The van der Waals surface area contributed by atoms with Crippen molar-refractivity contribution in [3.05, 3.63) is 59.7 Å². The first-order valence-electron chi connectivity index (χ1n) is 6.06. The first kappa shape index (κ1) is 12.7. The lowest BCUT2D eigenvalue weighted by Crippen LogP contribution is -2.17. The SMILES string of the molecule is O=C1NCc2cccc(NS(=O)(=O)c3ccccc3)c21. The molecule has 0 spiro atoms. The molecule has 2 aromatic rings. The first-order valence-corrected chi connectivity index (χ1v) is 7.54. The normalized spacial score (nSPS) is 13.7. The lowest BCUT2D eigenvalue weighted by molar-refractivity contribution is 0.0966. The largest absolute Gasteiger partial charge is 0.348 e. The molecule has 0 fully saturated rings. The number of nitrogens with one attached hydrogen (secondary N) is 2. The molecule has 1 aliphatic heterocycles. The summed E-state index contributed by atoms with van der Waals surface area (Å²) in [6.45, 7) is 0.426. The Bertz CT molecular complexity index is 770. The van der Waals surface area contributed by atoms with Crippen LogP contribution in [0, 0.1) is 0 Å². The molecule has 5 nitrogen and oxygen atoms in total. The lowest BCUT2D eigenvalue weighted by Gasteiger charge is -2.10. The Hall–Kier alpha value is -2.34. The average Bonchev–Trinajstić information content (AvgIpc) is 2.82. The van der Waals surface area contributed by atoms with E-state index in [0.29, 0.717) is 17.8 Å². The van der Waals surface area contributed by atoms with E-state index in [1.165, 1.54) is 12.1 Å². The summed E-state index contributed by atoms with van der Waals surface area (Å²) in [6, 6.07) is 13.2. The molecule has 6 heteroatoms. The van der Waals surface area contributed by atoms with Gasteiger partial charge in [0.05, 0.1) is 16.1 Å². The van der Waals surface area contributed by atoms with Crippen molar-refractivity contribution in [1.29, 1.82) is 0 Å². The molecule has 3 rings (SSSR count). The van der Waals surface area contributed by atoms with E-state index in [2.05, 4.69) is 10.0 Å². The minimum Gasteiger partial charge on any atom is -0.348 e. The van der Waals surface area contributed by atoms with Crippen LogP contribution < -0.4 is 10.0 Å². The maximum absolute atomic E-state index is 12.3. The summed E-state index contributed by atoms with van der Waals surface area (Å²) in [7, 11) is -3.69. The second-order valence-electron chi connectivity index (χ2n) is 4.44. The molecule has 20 heavy (non-hydrogen) atoms. The van der Waals surface area contributed by atoms with Crippen molar-refractivity contribution in [2.75, 3.05) is 4.72 Å². The first-order chi connectivity index (χ1) is 9.58. The van der Waals surface area contributed by atoms with Crippen molar-refractivity contribution in [1.82, 2.24) is 5.32 Å². The molecule has 2 N–H and O–H groups in total. The molecule has 0 unspecified atom stereocenters. The molecule has 0 aromatic heterocycles. The van der Waals surface area contributed by atoms with Crippen LogP contribution >= 0.6 is 0 Å². The third-order valence-electron chi connectivity index (χ3n) is 3.12. The number of carbonyl (C=O) groups is 1.